The highest BCUT2D eigenvalue weighted by atomic mass is 19.1. The summed E-state index contributed by atoms with van der Waals surface area (Å²) in [5.41, 5.74) is 0.0453. The van der Waals surface area contributed by atoms with Crippen LogP contribution in [0.1, 0.15) is 37.0 Å². The number of phenolic OH excluding ortho intramolecular Hbond substituents is 1. The molecule has 32 heavy (non-hydrogen) atoms. The van der Waals surface area contributed by atoms with Crippen molar-refractivity contribution in [3.63, 3.8) is 0 Å². The number of halogens is 2. The van der Waals surface area contributed by atoms with Gasteiger partial charge in [-0.1, -0.05) is 0 Å². The van der Waals surface area contributed by atoms with Gasteiger partial charge in [0.15, 0.2) is 11.6 Å². The fourth-order valence-electron chi connectivity index (χ4n) is 4.19. The molecule has 0 fully saturated rings. The summed E-state index contributed by atoms with van der Waals surface area (Å²) in [6.45, 7) is 1.90. The van der Waals surface area contributed by atoms with Crippen molar-refractivity contribution in [1.29, 1.82) is 0 Å². The first kappa shape index (κ1) is 22.7. The molecule has 0 bridgehead atoms. The lowest BCUT2D eigenvalue weighted by atomic mass is 9.87. The second-order valence-electron chi connectivity index (χ2n) is 8.66. The van der Waals surface area contributed by atoms with Gasteiger partial charge >= 0.3 is 0 Å². The Kier molecular flexibility index (Phi) is 6.26. The van der Waals surface area contributed by atoms with Crippen LogP contribution in [0.25, 0.3) is 0 Å². The molecule has 2 aromatic rings. The number of ether oxygens (including phenoxy) is 2. The van der Waals surface area contributed by atoms with Gasteiger partial charge in [-0.15, -0.1) is 0 Å². The Labute approximate surface area is 184 Å². The first-order valence-corrected chi connectivity index (χ1v) is 10.6. The van der Waals surface area contributed by atoms with Crippen LogP contribution in [-0.4, -0.2) is 57.4 Å². The van der Waals surface area contributed by atoms with Gasteiger partial charge in [0.25, 0.3) is 0 Å². The van der Waals surface area contributed by atoms with Gasteiger partial charge in [-0.05, 0) is 49.6 Å². The Morgan fingerprint density at radius 2 is 1.94 bits per heavy atom. The number of fused-ring (bicyclic) bond motifs is 2. The molecule has 2 aliphatic rings. The summed E-state index contributed by atoms with van der Waals surface area (Å²) in [5, 5.41) is 43.9. The number of phenols is 1. The van der Waals surface area contributed by atoms with Gasteiger partial charge in [0.1, 0.15) is 41.2 Å². The van der Waals surface area contributed by atoms with E-state index in [0.717, 1.165) is 6.07 Å². The van der Waals surface area contributed by atoms with Gasteiger partial charge < -0.3 is 35.2 Å². The van der Waals surface area contributed by atoms with Crippen LogP contribution >= 0.6 is 0 Å². The first-order valence-electron chi connectivity index (χ1n) is 10.6. The van der Waals surface area contributed by atoms with Crippen LogP contribution in [-0.2, 0) is 6.42 Å². The fourth-order valence-corrected chi connectivity index (χ4v) is 4.19. The van der Waals surface area contributed by atoms with Gasteiger partial charge in [0.05, 0.1) is 6.10 Å². The van der Waals surface area contributed by atoms with E-state index >= 15 is 0 Å². The molecule has 5 atom stereocenters. The molecule has 0 unspecified atom stereocenters. The Balaban J connectivity index is 1.31. The monoisotopic (exact) mass is 451 g/mol. The van der Waals surface area contributed by atoms with Crippen molar-refractivity contribution in [1.82, 2.24) is 5.32 Å². The smallest absolute Gasteiger partial charge is 0.168 e. The zero-order valence-corrected chi connectivity index (χ0v) is 17.6. The molecule has 0 aliphatic carbocycles. The summed E-state index contributed by atoms with van der Waals surface area (Å²) in [6.07, 6.45) is -2.51. The normalized spacial score (nSPS) is 26.3. The molecule has 0 saturated carbocycles. The number of aliphatic hydroxyl groups is 3. The Morgan fingerprint density at radius 3 is 2.72 bits per heavy atom. The molecule has 0 saturated heterocycles. The van der Waals surface area contributed by atoms with Crippen molar-refractivity contribution < 1.29 is 38.7 Å². The fraction of sp³-hybridized carbons (Fsp3) is 0.478. The molecule has 2 aliphatic heterocycles. The van der Waals surface area contributed by atoms with Gasteiger partial charge in [-0.2, -0.15) is 0 Å². The van der Waals surface area contributed by atoms with E-state index in [0.29, 0.717) is 29.7 Å². The van der Waals surface area contributed by atoms with E-state index in [1.54, 1.807) is 6.92 Å². The van der Waals surface area contributed by atoms with E-state index in [2.05, 4.69) is 5.32 Å². The topological polar surface area (TPSA) is 111 Å². The van der Waals surface area contributed by atoms with Crippen LogP contribution in [0.4, 0.5) is 8.78 Å². The van der Waals surface area contributed by atoms with E-state index in [1.807, 2.05) is 0 Å². The summed E-state index contributed by atoms with van der Waals surface area (Å²) in [5.74, 6) is -1.08. The minimum absolute atomic E-state index is 0.0835. The quantitative estimate of drug-likeness (QED) is 0.457. The maximum absolute atomic E-state index is 13.7. The van der Waals surface area contributed by atoms with Crippen molar-refractivity contribution in [3.05, 3.63) is 53.1 Å². The van der Waals surface area contributed by atoms with Crippen LogP contribution in [0, 0.1) is 11.6 Å². The van der Waals surface area contributed by atoms with Gasteiger partial charge in [0, 0.05) is 31.1 Å². The van der Waals surface area contributed by atoms with Crippen molar-refractivity contribution in [2.24, 2.45) is 0 Å². The molecule has 174 valence electrons. The highest BCUT2D eigenvalue weighted by molar-refractivity contribution is 5.43. The average Bonchev–Trinajstić information content (AvgIpc) is 2.75. The van der Waals surface area contributed by atoms with Crippen molar-refractivity contribution in [2.75, 3.05) is 13.1 Å². The Bertz CT molecular complexity index is 989. The SMILES string of the molecule is C[C@]1([C@@H](O)CNC[C@H](O)[C@@H]2C[C@@H](O)c3cc(F)ccc3O2)CCc2cc(O)c(F)cc2O1. The minimum atomic E-state index is -0.979. The molecular weight excluding hydrogens is 424 g/mol. The summed E-state index contributed by atoms with van der Waals surface area (Å²) >= 11 is 0. The lowest BCUT2D eigenvalue weighted by Crippen LogP contribution is -2.53. The molecule has 2 aromatic carbocycles. The maximum atomic E-state index is 13.7. The van der Waals surface area contributed by atoms with E-state index in [9.17, 15) is 29.2 Å². The van der Waals surface area contributed by atoms with Gasteiger partial charge in [0.2, 0.25) is 0 Å². The summed E-state index contributed by atoms with van der Waals surface area (Å²) < 4.78 is 38.6. The van der Waals surface area contributed by atoms with Crippen LogP contribution in [0.15, 0.2) is 30.3 Å². The van der Waals surface area contributed by atoms with E-state index in [4.69, 9.17) is 9.47 Å². The van der Waals surface area contributed by atoms with Crippen LogP contribution in [0.2, 0.25) is 0 Å². The second kappa shape index (κ2) is 8.82. The third-order valence-electron chi connectivity index (χ3n) is 6.25. The number of aromatic hydroxyl groups is 1. The average molecular weight is 451 g/mol. The molecule has 0 amide bonds. The zero-order chi connectivity index (χ0) is 23.0. The van der Waals surface area contributed by atoms with Crippen LogP contribution in [0.5, 0.6) is 17.2 Å². The van der Waals surface area contributed by atoms with Gasteiger partial charge in [-0.25, -0.2) is 8.78 Å². The summed E-state index contributed by atoms with van der Waals surface area (Å²) in [7, 11) is 0. The van der Waals surface area contributed by atoms with Crippen molar-refractivity contribution in [2.45, 2.75) is 56.2 Å². The standard InChI is InChI=1S/C23H27F2NO6/c1-23(5-4-12-6-17(28)15(25)8-20(12)32-23)22(30)11-26-10-18(29)21-9-16(27)14-7-13(24)2-3-19(14)31-21/h2-3,6-8,16,18,21-22,26-30H,4-5,9-11H2,1H3/t16-,18+,21+,22+,23-/m1/s1. The number of aliphatic hydroxyl groups excluding tert-OH is 3. The Hall–Kier alpha value is -2.46. The van der Waals surface area contributed by atoms with E-state index in [1.165, 1.54) is 24.3 Å². The van der Waals surface area contributed by atoms with E-state index < -0.39 is 47.4 Å². The molecule has 7 nitrogen and oxygen atoms in total. The predicted octanol–water partition coefficient (Wildman–Crippen LogP) is 1.95. The van der Waals surface area contributed by atoms with Gasteiger partial charge in [-0.3, -0.25) is 0 Å². The molecular formula is C23H27F2NO6. The van der Waals surface area contributed by atoms with Crippen molar-refractivity contribution in [3.8, 4) is 17.2 Å². The molecule has 0 radical (unpaired) electrons. The van der Waals surface area contributed by atoms with Crippen LogP contribution in [0.3, 0.4) is 0 Å². The first-order chi connectivity index (χ1) is 15.2. The largest absolute Gasteiger partial charge is 0.505 e. The number of hydrogen-bond acceptors (Lipinski definition) is 7. The van der Waals surface area contributed by atoms with E-state index in [-0.39, 0.29) is 25.3 Å². The third-order valence-corrected chi connectivity index (χ3v) is 6.25. The predicted molar refractivity (Wildman–Crippen MR) is 111 cm³/mol. The van der Waals surface area contributed by atoms with Crippen molar-refractivity contribution >= 4 is 0 Å². The third kappa shape index (κ3) is 4.52. The highest BCUT2D eigenvalue weighted by Crippen LogP contribution is 2.38. The maximum Gasteiger partial charge on any atom is 0.168 e. The number of benzene rings is 2. The lowest BCUT2D eigenvalue weighted by molar-refractivity contribution is -0.0563. The molecule has 9 heteroatoms. The molecule has 0 aromatic heterocycles. The summed E-state index contributed by atoms with van der Waals surface area (Å²) in [4.78, 5) is 0. The minimum Gasteiger partial charge on any atom is -0.505 e. The number of aryl methyl sites for hydroxylation is 1. The molecule has 0 spiro atoms. The second-order valence-corrected chi connectivity index (χ2v) is 8.66. The lowest BCUT2D eigenvalue weighted by Gasteiger charge is -2.39. The number of hydrogen-bond donors (Lipinski definition) is 5. The molecule has 4 rings (SSSR count). The molecule has 2 heterocycles. The Morgan fingerprint density at radius 1 is 1.16 bits per heavy atom. The summed E-state index contributed by atoms with van der Waals surface area (Å²) in [6, 6.07) is 6.31. The highest BCUT2D eigenvalue weighted by Gasteiger charge is 2.39. The number of rotatable bonds is 6. The van der Waals surface area contributed by atoms with Crippen LogP contribution < -0.4 is 14.8 Å². The molecule has 5 N–H and O–H groups in total. The zero-order valence-electron chi connectivity index (χ0n) is 17.6. The number of nitrogens with one attached hydrogen (secondary N) is 1.